The van der Waals surface area contributed by atoms with Crippen molar-refractivity contribution in [2.75, 3.05) is 6.54 Å². The monoisotopic (exact) mass is 239 g/mol. The SMILES string of the molecule is CCCNC(CC)(C(=O)O)c1cccc(F)c1. The van der Waals surface area contributed by atoms with Gasteiger partial charge in [0.05, 0.1) is 0 Å². The molecule has 4 heteroatoms. The van der Waals surface area contributed by atoms with Crippen LogP contribution in [-0.4, -0.2) is 17.6 Å². The van der Waals surface area contributed by atoms with Crippen LogP contribution in [0.15, 0.2) is 24.3 Å². The second-order valence-electron chi connectivity index (χ2n) is 4.00. The molecule has 0 saturated heterocycles. The van der Waals surface area contributed by atoms with Gasteiger partial charge in [0.1, 0.15) is 11.4 Å². The lowest BCUT2D eigenvalue weighted by Crippen LogP contribution is -2.49. The Morgan fingerprint density at radius 2 is 2.18 bits per heavy atom. The summed E-state index contributed by atoms with van der Waals surface area (Å²) in [5, 5.41) is 12.4. The summed E-state index contributed by atoms with van der Waals surface area (Å²) in [6, 6.07) is 5.76. The van der Waals surface area contributed by atoms with E-state index in [0.717, 1.165) is 6.42 Å². The number of hydrogen-bond donors (Lipinski definition) is 2. The first-order valence-corrected chi connectivity index (χ1v) is 5.81. The molecule has 0 spiro atoms. The van der Waals surface area contributed by atoms with Crippen molar-refractivity contribution < 1.29 is 14.3 Å². The predicted molar refractivity (Wildman–Crippen MR) is 64.3 cm³/mol. The van der Waals surface area contributed by atoms with E-state index < -0.39 is 17.3 Å². The first-order valence-electron chi connectivity index (χ1n) is 5.81. The summed E-state index contributed by atoms with van der Waals surface area (Å²) in [4.78, 5) is 11.5. The normalized spacial score (nSPS) is 14.3. The lowest BCUT2D eigenvalue weighted by atomic mass is 9.87. The summed E-state index contributed by atoms with van der Waals surface area (Å²) in [6.07, 6.45) is 1.19. The van der Waals surface area contributed by atoms with Crippen LogP contribution in [-0.2, 0) is 10.3 Å². The van der Waals surface area contributed by atoms with Crippen molar-refractivity contribution in [3.05, 3.63) is 35.6 Å². The third kappa shape index (κ3) is 2.82. The zero-order chi connectivity index (χ0) is 12.9. The Morgan fingerprint density at radius 1 is 1.47 bits per heavy atom. The number of rotatable bonds is 6. The van der Waals surface area contributed by atoms with E-state index >= 15 is 0 Å². The second-order valence-corrected chi connectivity index (χ2v) is 4.00. The molecule has 94 valence electrons. The second kappa shape index (κ2) is 5.77. The molecule has 0 aliphatic rings. The van der Waals surface area contributed by atoms with Crippen molar-refractivity contribution in [3.8, 4) is 0 Å². The van der Waals surface area contributed by atoms with Crippen LogP contribution < -0.4 is 5.32 Å². The van der Waals surface area contributed by atoms with Crippen molar-refractivity contribution in [3.63, 3.8) is 0 Å². The molecule has 0 aromatic heterocycles. The van der Waals surface area contributed by atoms with E-state index in [0.29, 0.717) is 18.5 Å². The minimum Gasteiger partial charge on any atom is -0.480 e. The Balaban J connectivity index is 3.16. The average molecular weight is 239 g/mol. The van der Waals surface area contributed by atoms with Gasteiger partial charge in [0.2, 0.25) is 0 Å². The third-order valence-electron chi connectivity index (χ3n) is 2.89. The van der Waals surface area contributed by atoms with Gasteiger partial charge in [0, 0.05) is 0 Å². The third-order valence-corrected chi connectivity index (χ3v) is 2.89. The van der Waals surface area contributed by atoms with E-state index in [1.807, 2.05) is 6.92 Å². The van der Waals surface area contributed by atoms with Crippen molar-refractivity contribution in [1.82, 2.24) is 5.32 Å². The van der Waals surface area contributed by atoms with E-state index in [9.17, 15) is 14.3 Å². The van der Waals surface area contributed by atoms with Gasteiger partial charge >= 0.3 is 5.97 Å². The zero-order valence-corrected chi connectivity index (χ0v) is 10.2. The topological polar surface area (TPSA) is 49.3 Å². The lowest BCUT2D eigenvalue weighted by molar-refractivity contribution is -0.145. The minimum absolute atomic E-state index is 0.367. The highest BCUT2D eigenvalue weighted by Crippen LogP contribution is 2.26. The molecule has 3 nitrogen and oxygen atoms in total. The van der Waals surface area contributed by atoms with Crippen LogP contribution in [0, 0.1) is 5.82 Å². The molecule has 1 rings (SSSR count). The number of hydrogen-bond acceptors (Lipinski definition) is 2. The van der Waals surface area contributed by atoms with Gasteiger partial charge in [-0.1, -0.05) is 26.0 Å². The molecule has 1 atom stereocenters. The van der Waals surface area contributed by atoms with Crippen LogP contribution in [0.1, 0.15) is 32.3 Å². The number of benzene rings is 1. The molecule has 0 aliphatic heterocycles. The van der Waals surface area contributed by atoms with Crippen molar-refractivity contribution in [2.45, 2.75) is 32.2 Å². The molecule has 0 bridgehead atoms. The summed E-state index contributed by atoms with van der Waals surface area (Å²) < 4.78 is 13.2. The Hall–Kier alpha value is -1.42. The predicted octanol–water partition coefficient (Wildman–Crippen LogP) is 2.52. The average Bonchev–Trinajstić information content (AvgIpc) is 2.30. The van der Waals surface area contributed by atoms with Crippen molar-refractivity contribution in [1.29, 1.82) is 0 Å². The number of halogens is 1. The molecule has 1 aromatic carbocycles. The van der Waals surface area contributed by atoms with E-state index in [1.165, 1.54) is 18.2 Å². The largest absolute Gasteiger partial charge is 0.480 e. The molecule has 17 heavy (non-hydrogen) atoms. The standard InChI is InChI=1S/C13H18FNO2/c1-3-8-15-13(4-2,12(16)17)10-6-5-7-11(14)9-10/h5-7,9,15H,3-4,8H2,1-2H3,(H,16,17). The molecule has 1 unspecified atom stereocenters. The first kappa shape index (κ1) is 13.6. The Kier molecular flexibility index (Phi) is 4.63. The smallest absolute Gasteiger partial charge is 0.328 e. The summed E-state index contributed by atoms with van der Waals surface area (Å²) in [5.41, 5.74) is -0.737. The molecular formula is C13H18FNO2. The van der Waals surface area contributed by atoms with E-state index in [4.69, 9.17) is 0 Å². The highest BCUT2D eigenvalue weighted by atomic mass is 19.1. The van der Waals surface area contributed by atoms with Gasteiger partial charge in [-0.25, -0.2) is 9.18 Å². The van der Waals surface area contributed by atoms with Gasteiger partial charge in [-0.2, -0.15) is 0 Å². The van der Waals surface area contributed by atoms with Gasteiger partial charge in [-0.05, 0) is 37.1 Å². The minimum atomic E-state index is -1.20. The fourth-order valence-corrected chi connectivity index (χ4v) is 1.87. The van der Waals surface area contributed by atoms with Gasteiger partial charge in [0.15, 0.2) is 0 Å². The van der Waals surface area contributed by atoms with Gasteiger partial charge in [-0.15, -0.1) is 0 Å². The number of carboxylic acids is 1. The first-order chi connectivity index (χ1) is 8.06. The molecule has 0 amide bonds. The summed E-state index contributed by atoms with van der Waals surface area (Å²) in [6.45, 7) is 4.32. The van der Waals surface area contributed by atoms with E-state index in [2.05, 4.69) is 5.32 Å². The molecule has 0 fully saturated rings. The van der Waals surface area contributed by atoms with Gasteiger partial charge in [0.25, 0.3) is 0 Å². The highest BCUT2D eigenvalue weighted by molar-refractivity contribution is 5.80. The van der Waals surface area contributed by atoms with Crippen molar-refractivity contribution >= 4 is 5.97 Å². The van der Waals surface area contributed by atoms with Crippen LogP contribution in [0.5, 0.6) is 0 Å². The molecule has 1 aromatic rings. The highest BCUT2D eigenvalue weighted by Gasteiger charge is 2.38. The number of carbonyl (C=O) groups is 1. The maximum Gasteiger partial charge on any atom is 0.328 e. The Bertz CT molecular complexity index is 395. The van der Waals surface area contributed by atoms with Gasteiger partial charge < -0.3 is 5.11 Å². The molecule has 0 saturated carbocycles. The maximum atomic E-state index is 13.2. The fraction of sp³-hybridized carbons (Fsp3) is 0.462. The Morgan fingerprint density at radius 3 is 2.65 bits per heavy atom. The van der Waals surface area contributed by atoms with Crippen LogP contribution in [0.2, 0.25) is 0 Å². The van der Waals surface area contributed by atoms with Crippen molar-refractivity contribution in [2.24, 2.45) is 0 Å². The quantitative estimate of drug-likeness (QED) is 0.802. The Labute approximate surface area is 101 Å². The van der Waals surface area contributed by atoms with Crippen LogP contribution in [0.3, 0.4) is 0 Å². The zero-order valence-electron chi connectivity index (χ0n) is 10.2. The van der Waals surface area contributed by atoms with Crippen LogP contribution in [0.25, 0.3) is 0 Å². The number of aliphatic carboxylic acids is 1. The molecular weight excluding hydrogens is 221 g/mol. The molecule has 0 radical (unpaired) electrons. The molecule has 0 aliphatic carbocycles. The summed E-state index contributed by atoms with van der Waals surface area (Å²) in [5.74, 6) is -1.39. The van der Waals surface area contributed by atoms with Crippen LogP contribution >= 0.6 is 0 Å². The van der Waals surface area contributed by atoms with E-state index in [1.54, 1.807) is 13.0 Å². The molecule has 2 N–H and O–H groups in total. The van der Waals surface area contributed by atoms with Gasteiger partial charge in [-0.3, -0.25) is 5.32 Å². The van der Waals surface area contributed by atoms with E-state index in [-0.39, 0.29) is 0 Å². The number of carboxylic acid groups (broad SMARTS) is 1. The lowest BCUT2D eigenvalue weighted by Gasteiger charge is -2.30. The molecule has 0 heterocycles. The number of nitrogens with one attached hydrogen (secondary N) is 1. The summed E-state index contributed by atoms with van der Waals surface area (Å²) >= 11 is 0. The fourth-order valence-electron chi connectivity index (χ4n) is 1.87. The summed E-state index contributed by atoms with van der Waals surface area (Å²) in [7, 11) is 0. The van der Waals surface area contributed by atoms with Crippen LogP contribution in [0.4, 0.5) is 4.39 Å². The maximum absolute atomic E-state index is 13.2.